The third kappa shape index (κ3) is 5.14. The number of nitrogens with one attached hydrogen (secondary N) is 2. The highest BCUT2D eigenvalue weighted by Crippen LogP contribution is 2.24. The van der Waals surface area contributed by atoms with E-state index in [1.165, 1.54) is 30.3 Å². The molecule has 1 aliphatic rings. The van der Waals surface area contributed by atoms with E-state index >= 15 is 0 Å². The third-order valence-electron chi connectivity index (χ3n) is 5.44. The van der Waals surface area contributed by atoms with Crippen LogP contribution in [0.5, 0.6) is 0 Å². The summed E-state index contributed by atoms with van der Waals surface area (Å²) in [4.78, 5) is 32.8. The number of hydrogen-bond acceptors (Lipinski definition) is 5. The first-order chi connectivity index (χ1) is 15.5. The Morgan fingerprint density at radius 3 is 2.91 bits per heavy atom. The number of carbonyl (C=O) groups is 2. The molecule has 3 aromatic rings. The second-order valence-corrected chi connectivity index (χ2v) is 8.99. The highest BCUT2D eigenvalue weighted by Gasteiger charge is 2.20. The zero-order chi connectivity index (χ0) is 22.5. The molecule has 0 aliphatic carbocycles. The van der Waals surface area contributed by atoms with Crippen LogP contribution in [0.1, 0.15) is 38.3 Å². The lowest BCUT2D eigenvalue weighted by Gasteiger charge is -2.20. The average Bonchev–Trinajstić information content (AvgIpc) is 3.51. The van der Waals surface area contributed by atoms with Crippen molar-refractivity contribution in [3.05, 3.63) is 52.8 Å². The Kier molecular flexibility index (Phi) is 7.12. The molecule has 2 N–H and O–H groups in total. The largest absolute Gasteiger partial charge is 0.371 e. The molecular weight excluding hydrogens is 446 g/mol. The Morgan fingerprint density at radius 2 is 2.12 bits per heavy atom. The summed E-state index contributed by atoms with van der Waals surface area (Å²) in [6, 6.07) is 7.23. The molecule has 1 aromatic carbocycles. The molecule has 1 unspecified atom stereocenters. The molecule has 1 fully saturated rings. The van der Waals surface area contributed by atoms with Crippen molar-refractivity contribution in [3.8, 4) is 0 Å². The third-order valence-corrected chi connectivity index (χ3v) is 6.48. The fourth-order valence-electron chi connectivity index (χ4n) is 3.84. The van der Waals surface area contributed by atoms with E-state index < -0.39 is 6.04 Å². The lowest BCUT2D eigenvalue weighted by Crippen LogP contribution is -2.43. The zero-order valence-corrected chi connectivity index (χ0v) is 19.5. The predicted octanol–water partition coefficient (Wildman–Crippen LogP) is 4.59. The first-order valence-electron chi connectivity index (χ1n) is 10.8. The standard InChI is InChI=1S/C23H26ClN5O2S/c1-2-6-18(22(31)25-16-7-5-8-17(15-16)28-11-3-4-12-28)26-20(30)10-9-19-21(24)27-23-29(19)13-14-32-23/h5,7-10,13-15,18H,2-4,6,11-12H2,1H3,(H,25,31)(H,26,30)/b10-9+. The molecule has 7 nitrogen and oxygen atoms in total. The van der Waals surface area contributed by atoms with Gasteiger partial charge in [0.05, 0.1) is 5.69 Å². The summed E-state index contributed by atoms with van der Waals surface area (Å²) >= 11 is 7.64. The van der Waals surface area contributed by atoms with E-state index in [1.54, 1.807) is 6.08 Å². The van der Waals surface area contributed by atoms with Crippen LogP contribution >= 0.6 is 22.9 Å². The lowest BCUT2D eigenvalue weighted by atomic mass is 10.1. The number of fused-ring (bicyclic) bond motifs is 1. The zero-order valence-electron chi connectivity index (χ0n) is 17.9. The fourth-order valence-corrected chi connectivity index (χ4v) is 4.85. The highest BCUT2D eigenvalue weighted by molar-refractivity contribution is 7.15. The van der Waals surface area contributed by atoms with E-state index in [-0.39, 0.29) is 11.8 Å². The van der Waals surface area contributed by atoms with Crippen LogP contribution in [0.4, 0.5) is 11.4 Å². The van der Waals surface area contributed by atoms with Crippen molar-refractivity contribution in [2.75, 3.05) is 23.3 Å². The smallest absolute Gasteiger partial charge is 0.246 e. The number of aromatic nitrogens is 2. The van der Waals surface area contributed by atoms with Crippen LogP contribution in [-0.2, 0) is 9.59 Å². The number of amides is 2. The Labute approximate surface area is 196 Å². The first kappa shape index (κ1) is 22.4. The van der Waals surface area contributed by atoms with Gasteiger partial charge in [-0.15, -0.1) is 11.3 Å². The number of nitrogens with zero attached hydrogens (tertiary/aromatic N) is 3. The summed E-state index contributed by atoms with van der Waals surface area (Å²) in [6.07, 6.45) is 8.54. The van der Waals surface area contributed by atoms with Crippen LogP contribution in [-0.4, -0.2) is 40.3 Å². The van der Waals surface area contributed by atoms with E-state index in [2.05, 4.69) is 26.6 Å². The van der Waals surface area contributed by atoms with Gasteiger partial charge >= 0.3 is 0 Å². The van der Waals surface area contributed by atoms with Gasteiger partial charge in [-0.1, -0.05) is 31.0 Å². The summed E-state index contributed by atoms with van der Waals surface area (Å²) in [5.74, 6) is -0.583. The van der Waals surface area contributed by atoms with Crippen molar-refractivity contribution in [3.63, 3.8) is 0 Å². The molecule has 0 radical (unpaired) electrons. The molecule has 2 aromatic heterocycles. The van der Waals surface area contributed by atoms with Crippen molar-refractivity contribution in [2.24, 2.45) is 0 Å². The number of halogens is 1. The number of rotatable bonds is 8. The predicted molar refractivity (Wildman–Crippen MR) is 130 cm³/mol. The molecule has 9 heteroatoms. The highest BCUT2D eigenvalue weighted by atomic mass is 35.5. The van der Waals surface area contributed by atoms with Gasteiger partial charge in [-0.3, -0.25) is 14.0 Å². The quantitative estimate of drug-likeness (QED) is 0.471. The molecule has 0 bridgehead atoms. The molecular formula is C23H26ClN5O2S. The molecule has 1 aliphatic heterocycles. The SMILES string of the molecule is CCCC(NC(=O)/C=C/c1c(Cl)nc2sccn12)C(=O)Nc1cccc(N2CCCC2)c1. The summed E-state index contributed by atoms with van der Waals surface area (Å²) in [6.45, 7) is 4.06. The van der Waals surface area contributed by atoms with Crippen LogP contribution < -0.4 is 15.5 Å². The number of benzene rings is 1. The fraction of sp³-hybridized carbons (Fsp3) is 0.348. The number of anilines is 2. The molecule has 4 rings (SSSR count). The maximum absolute atomic E-state index is 12.9. The molecule has 32 heavy (non-hydrogen) atoms. The average molecular weight is 472 g/mol. The Balaban J connectivity index is 1.41. The van der Waals surface area contributed by atoms with Gasteiger partial charge in [-0.2, -0.15) is 0 Å². The molecule has 1 atom stereocenters. The topological polar surface area (TPSA) is 78.7 Å². The lowest BCUT2D eigenvalue weighted by molar-refractivity contribution is -0.123. The van der Waals surface area contributed by atoms with E-state index in [0.717, 1.165) is 35.8 Å². The van der Waals surface area contributed by atoms with Crippen molar-refractivity contribution in [1.29, 1.82) is 0 Å². The number of thiazole rings is 1. The normalized spacial score (nSPS) is 14.9. The van der Waals surface area contributed by atoms with Crippen LogP contribution in [0.3, 0.4) is 0 Å². The van der Waals surface area contributed by atoms with Gasteiger partial charge in [-0.25, -0.2) is 4.98 Å². The van der Waals surface area contributed by atoms with Crippen LogP contribution in [0.15, 0.2) is 41.9 Å². The maximum atomic E-state index is 12.9. The minimum Gasteiger partial charge on any atom is -0.371 e. The van der Waals surface area contributed by atoms with Crippen molar-refractivity contribution in [1.82, 2.24) is 14.7 Å². The summed E-state index contributed by atoms with van der Waals surface area (Å²) in [5.41, 5.74) is 2.47. The van der Waals surface area contributed by atoms with Gasteiger partial charge in [0.15, 0.2) is 10.1 Å². The van der Waals surface area contributed by atoms with E-state index in [0.29, 0.717) is 17.3 Å². The number of hydrogen-bond donors (Lipinski definition) is 2. The van der Waals surface area contributed by atoms with Gasteiger partial charge in [0.25, 0.3) is 0 Å². The molecule has 2 amide bonds. The molecule has 1 saturated heterocycles. The Hall–Kier alpha value is -2.84. The molecule has 168 valence electrons. The molecule has 0 spiro atoms. The monoisotopic (exact) mass is 471 g/mol. The minimum atomic E-state index is -0.630. The van der Waals surface area contributed by atoms with Crippen LogP contribution in [0, 0.1) is 0 Å². The van der Waals surface area contributed by atoms with Crippen LogP contribution in [0.25, 0.3) is 11.0 Å². The number of carbonyl (C=O) groups excluding carboxylic acids is 2. The Morgan fingerprint density at radius 1 is 1.31 bits per heavy atom. The second kappa shape index (κ2) is 10.2. The summed E-state index contributed by atoms with van der Waals surface area (Å²) in [5, 5.41) is 8.00. The van der Waals surface area contributed by atoms with Gasteiger partial charge in [0, 0.05) is 42.1 Å². The van der Waals surface area contributed by atoms with E-state index in [9.17, 15) is 9.59 Å². The van der Waals surface area contributed by atoms with Crippen molar-refractivity contribution in [2.45, 2.75) is 38.6 Å². The molecule has 3 heterocycles. The maximum Gasteiger partial charge on any atom is 0.246 e. The van der Waals surface area contributed by atoms with Gasteiger partial charge in [0.2, 0.25) is 11.8 Å². The Bertz CT molecular complexity index is 1130. The van der Waals surface area contributed by atoms with Gasteiger partial charge < -0.3 is 15.5 Å². The van der Waals surface area contributed by atoms with E-state index in [1.807, 2.05) is 41.1 Å². The van der Waals surface area contributed by atoms with Crippen molar-refractivity contribution >= 4 is 57.2 Å². The van der Waals surface area contributed by atoms with Crippen LogP contribution in [0.2, 0.25) is 5.15 Å². The summed E-state index contributed by atoms with van der Waals surface area (Å²) < 4.78 is 1.82. The summed E-state index contributed by atoms with van der Waals surface area (Å²) in [7, 11) is 0. The first-order valence-corrected chi connectivity index (χ1v) is 12.1. The van der Waals surface area contributed by atoms with Crippen molar-refractivity contribution < 1.29 is 9.59 Å². The second-order valence-electron chi connectivity index (χ2n) is 7.76. The van der Waals surface area contributed by atoms with E-state index in [4.69, 9.17) is 11.6 Å². The minimum absolute atomic E-state index is 0.227. The van der Waals surface area contributed by atoms with Gasteiger partial charge in [0.1, 0.15) is 6.04 Å². The van der Waals surface area contributed by atoms with Gasteiger partial charge in [-0.05, 0) is 43.5 Å². The molecule has 0 saturated carbocycles. The number of imidazole rings is 1.